The van der Waals surface area contributed by atoms with E-state index in [2.05, 4.69) is 0 Å². The molecule has 1 rings (SSSR count). The third kappa shape index (κ3) is 26.4. The smallest absolute Gasteiger partial charge is 0.379 e. The number of rotatable bonds is 33. The zero-order valence-corrected chi connectivity index (χ0v) is 26.5. The lowest BCUT2D eigenvalue weighted by Crippen LogP contribution is -2.20. The molecule has 0 aliphatic heterocycles. The summed E-state index contributed by atoms with van der Waals surface area (Å²) in [6.07, 6.45) is 0.248. The largest absolute Gasteiger partial charge is 0.466 e. The number of Topliss-reactive ketones (excluding diaryl/α,β-unsaturated/α-hetero) is 1. The second kappa shape index (κ2) is 31.5. The normalized spacial score (nSPS) is 11.0. The zero-order chi connectivity index (χ0) is 32.5. The van der Waals surface area contributed by atoms with Crippen molar-refractivity contribution >= 4 is 17.7 Å². The highest BCUT2D eigenvalue weighted by molar-refractivity contribution is 6.40. The molecule has 45 heavy (non-hydrogen) atoms. The monoisotopic (exact) mass is 646 g/mol. The summed E-state index contributed by atoms with van der Waals surface area (Å²) in [5.74, 6) is -1.84. The number of ether oxygens (including phenoxy) is 11. The van der Waals surface area contributed by atoms with Crippen LogP contribution in [-0.4, -0.2) is 150 Å². The van der Waals surface area contributed by atoms with Crippen molar-refractivity contribution in [1.29, 1.82) is 0 Å². The van der Waals surface area contributed by atoms with E-state index in [-0.39, 0.29) is 25.6 Å². The quantitative estimate of drug-likeness (QED) is 0.0469. The van der Waals surface area contributed by atoms with Crippen molar-refractivity contribution in [2.75, 3.05) is 132 Å². The van der Waals surface area contributed by atoms with Crippen molar-refractivity contribution in [1.82, 2.24) is 0 Å². The van der Waals surface area contributed by atoms with Crippen molar-refractivity contribution in [2.45, 2.75) is 13.3 Å². The number of hydrogen-bond acceptors (Lipinski definition) is 14. The van der Waals surface area contributed by atoms with Gasteiger partial charge in [-0.15, -0.1) is 0 Å². The lowest BCUT2D eigenvalue weighted by Gasteiger charge is -2.09. The highest BCUT2D eigenvalue weighted by Gasteiger charge is 2.17. The highest BCUT2D eigenvalue weighted by Crippen LogP contribution is 2.01. The number of carbonyl (C=O) groups is 3. The van der Waals surface area contributed by atoms with E-state index in [0.29, 0.717) is 124 Å². The molecule has 0 amide bonds. The number of carbonyl (C=O) groups excluding carboxylic acids is 3. The van der Waals surface area contributed by atoms with Gasteiger partial charge in [0.05, 0.1) is 132 Å². The van der Waals surface area contributed by atoms with Crippen molar-refractivity contribution < 1.29 is 66.5 Å². The minimum absolute atomic E-state index is 0.00597. The van der Waals surface area contributed by atoms with E-state index in [9.17, 15) is 14.4 Å². The van der Waals surface area contributed by atoms with Gasteiger partial charge >= 0.3 is 11.9 Å². The maximum atomic E-state index is 11.9. The van der Waals surface area contributed by atoms with Crippen LogP contribution in [0.1, 0.15) is 23.7 Å². The van der Waals surface area contributed by atoms with Crippen LogP contribution in [0.25, 0.3) is 0 Å². The predicted octanol–water partition coefficient (Wildman–Crippen LogP) is 1.52. The molecule has 0 N–H and O–H groups in total. The van der Waals surface area contributed by atoms with Gasteiger partial charge in [-0.1, -0.05) is 30.3 Å². The Balaban J connectivity index is 1.68. The van der Waals surface area contributed by atoms with Gasteiger partial charge in [-0.25, -0.2) is 4.79 Å². The number of benzene rings is 1. The molecule has 0 radical (unpaired) electrons. The molecule has 0 aromatic heterocycles. The summed E-state index contributed by atoms with van der Waals surface area (Å²) in [7, 11) is 0. The average molecular weight is 647 g/mol. The molecule has 0 atom stereocenters. The van der Waals surface area contributed by atoms with Gasteiger partial charge in [0.2, 0.25) is 0 Å². The van der Waals surface area contributed by atoms with Crippen molar-refractivity contribution in [2.24, 2.45) is 0 Å². The number of hydrogen-bond donors (Lipinski definition) is 0. The van der Waals surface area contributed by atoms with Crippen LogP contribution < -0.4 is 0 Å². The summed E-state index contributed by atoms with van der Waals surface area (Å²) in [4.78, 5) is 34.7. The fourth-order valence-electron chi connectivity index (χ4n) is 3.22. The van der Waals surface area contributed by atoms with Crippen molar-refractivity contribution in [3.8, 4) is 0 Å². The van der Waals surface area contributed by atoms with Gasteiger partial charge in [-0.2, -0.15) is 0 Å². The van der Waals surface area contributed by atoms with Gasteiger partial charge in [-0.05, 0) is 6.92 Å². The maximum Gasteiger partial charge on any atom is 0.379 e. The lowest BCUT2D eigenvalue weighted by molar-refractivity contribution is -0.144. The van der Waals surface area contributed by atoms with E-state index in [1.54, 1.807) is 37.3 Å². The van der Waals surface area contributed by atoms with Gasteiger partial charge in [0, 0.05) is 5.56 Å². The Hall–Kier alpha value is -2.53. The molecule has 1 aromatic rings. The first kappa shape index (κ1) is 40.5. The molecule has 0 unspecified atom stereocenters. The van der Waals surface area contributed by atoms with Gasteiger partial charge < -0.3 is 52.1 Å². The van der Waals surface area contributed by atoms with E-state index in [1.165, 1.54) is 0 Å². The molecule has 0 saturated carbocycles. The molecular formula is C31H50O14. The van der Waals surface area contributed by atoms with Gasteiger partial charge in [-0.3, -0.25) is 9.59 Å². The molecule has 0 aliphatic carbocycles. The van der Waals surface area contributed by atoms with E-state index >= 15 is 0 Å². The third-order valence-corrected chi connectivity index (χ3v) is 5.41. The van der Waals surface area contributed by atoms with Crippen molar-refractivity contribution in [3.05, 3.63) is 35.9 Å². The lowest BCUT2D eigenvalue weighted by atomic mass is 10.1. The molecule has 258 valence electrons. The zero-order valence-electron chi connectivity index (χ0n) is 26.5. The molecule has 0 saturated heterocycles. The first-order valence-corrected chi connectivity index (χ1v) is 15.3. The summed E-state index contributed by atoms with van der Waals surface area (Å²) < 4.78 is 58.3. The van der Waals surface area contributed by atoms with Crippen LogP contribution in [-0.2, 0) is 61.7 Å². The Kier molecular flexibility index (Phi) is 28.3. The standard InChI is InChI=1S/C31H50O14/c1-2-44-29(32)8-9-35-10-11-36-12-13-37-14-15-38-16-17-39-18-19-40-20-21-41-22-23-42-24-25-43-26-27-45-31(34)30(33)28-6-4-3-5-7-28/h3-7H,2,8-27H2,1H3. The van der Waals surface area contributed by atoms with Crippen LogP contribution in [0.15, 0.2) is 30.3 Å². The van der Waals surface area contributed by atoms with Gasteiger partial charge in [0.15, 0.2) is 0 Å². The molecule has 0 aliphatic rings. The fourth-order valence-corrected chi connectivity index (χ4v) is 3.22. The van der Waals surface area contributed by atoms with Crippen LogP contribution in [0.2, 0.25) is 0 Å². The second-order valence-electron chi connectivity index (χ2n) is 8.90. The van der Waals surface area contributed by atoms with Gasteiger partial charge in [0.25, 0.3) is 5.78 Å². The SMILES string of the molecule is CCOC(=O)CCOCCOCCOCCOCCOCCOCCOCCOCCOCCOC(=O)C(=O)c1ccccc1. The van der Waals surface area contributed by atoms with E-state index in [4.69, 9.17) is 52.1 Å². The molecule has 0 heterocycles. The molecule has 0 spiro atoms. The predicted molar refractivity (Wildman–Crippen MR) is 160 cm³/mol. The summed E-state index contributed by atoms with van der Waals surface area (Å²) in [6, 6.07) is 8.24. The van der Waals surface area contributed by atoms with Crippen LogP contribution >= 0.6 is 0 Å². The molecule has 1 aromatic carbocycles. The Morgan fingerprint density at radius 3 is 1.13 bits per heavy atom. The average Bonchev–Trinajstić information content (AvgIpc) is 3.05. The number of esters is 2. The first-order valence-electron chi connectivity index (χ1n) is 15.3. The third-order valence-electron chi connectivity index (χ3n) is 5.41. The molecule has 0 fully saturated rings. The molecule has 14 heteroatoms. The maximum absolute atomic E-state index is 11.9. The molecule has 14 nitrogen and oxygen atoms in total. The van der Waals surface area contributed by atoms with Crippen molar-refractivity contribution in [3.63, 3.8) is 0 Å². The topological polar surface area (TPSA) is 153 Å². The Bertz CT molecular complexity index is 839. The first-order chi connectivity index (χ1) is 22.1. The minimum atomic E-state index is -0.900. The second-order valence-corrected chi connectivity index (χ2v) is 8.90. The van der Waals surface area contributed by atoms with Crippen LogP contribution in [0.3, 0.4) is 0 Å². The molecular weight excluding hydrogens is 596 g/mol. The van der Waals surface area contributed by atoms with Crippen LogP contribution in [0.5, 0.6) is 0 Å². The Morgan fingerprint density at radius 2 is 0.778 bits per heavy atom. The Morgan fingerprint density at radius 1 is 0.444 bits per heavy atom. The minimum Gasteiger partial charge on any atom is -0.466 e. The summed E-state index contributed by atoms with van der Waals surface area (Å²) in [6.45, 7) is 9.72. The highest BCUT2D eigenvalue weighted by atomic mass is 16.6. The van der Waals surface area contributed by atoms with Gasteiger partial charge in [0.1, 0.15) is 6.61 Å². The summed E-state index contributed by atoms with van der Waals surface area (Å²) >= 11 is 0. The Labute approximate surface area is 265 Å². The molecule has 0 bridgehead atoms. The van der Waals surface area contributed by atoms with E-state index in [0.717, 1.165) is 0 Å². The summed E-state index contributed by atoms with van der Waals surface area (Å²) in [5.41, 5.74) is 0.293. The van der Waals surface area contributed by atoms with E-state index < -0.39 is 11.8 Å². The fraction of sp³-hybridized carbons (Fsp3) is 0.710. The number of ketones is 1. The van der Waals surface area contributed by atoms with Crippen LogP contribution in [0, 0.1) is 0 Å². The van der Waals surface area contributed by atoms with E-state index in [1.807, 2.05) is 0 Å². The summed E-state index contributed by atoms with van der Waals surface area (Å²) in [5, 5.41) is 0. The van der Waals surface area contributed by atoms with Crippen LogP contribution in [0.4, 0.5) is 0 Å².